The maximum atomic E-state index is 12.4. The van der Waals surface area contributed by atoms with Crippen molar-refractivity contribution in [3.05, 3.63) is 0 Å². The largest absolute Gasteiger partial charge is 0.444 e. The van der Waals surface area contributed by atoms with Crippen LogP contribution in [0.3, 0.4) is 0 Å². The van der Waals surface area contributed by atoms with Crippen molar-refractivity contribution in [3.63, 3.8) is 0 Å². The lowest BCUT2D eigenvalue weighted by Crippen LogP contribution is -2.47. The molecule has 5 nitrogen and oxygen atoms in total. The van der Waals surface area contributed by atoms with E-state index >= 15 is 0 Å². The molecule has 6 heteroatoms. The van der Waals surface area contributed by atoms with E-state index in [-0.39, 0.29) is 23.2 Å². The van der Waals surface area contributed by atoms with Crippen LogP contribution in [-0.4, -0.2) is 55.8 Å². The fourth-order valence-electron chi connectivity index (χ4n) is 3.88. The Bertz CT molecular complexity index is 509. The number of fused-ring (bicyclic) bond motifs is 1. The van der Waals surface area contributed by atoms with Gasteiger partial charge in [0.15, 0.2) is 8.32 Å². The van der Waals surface area contributed by atoms with E-state index < -0.39 is 13.9 Å². The van der Waals surface area contributed by atoms with Crippen LogP contribution in [0, 0.1) is 17.8 Å². The van der Waals surface area contributed by atoms with Crippen molar-refractivity contribution >= 4 is 14.4 Å². The Morgan fingerprint density at radius 1 is 1.19 bits per heavy atom. The number of rotatable bonds is 3. The third-order valence-electron chi connectivity index (χ3n) is 6.48. The standard InChI is InChI=1S/C20H39NO4Si/c1-19(2,3)25-18(23)21-10-9-15-14(12-21)11-17(22)16(15)13-24-26(7,8)20(4,5)6/h14-17,22H,9-13H2,1-8H3. The summed E-state index contributed by atoms with van der Waals surface area (Å²) in [6, 6.07) is 0. The molecule has 1 aliphatic carbocycles. The van der Waals surface area contributed by atoms with E-state index in [1.165, 1.54) is 0 Å². The first kappa shape index (κ1) is 21.7. The molecule has 1 saturated heterocycles. The second kappa shape index (κ2) is 7.44. The summed E-state index contributed by atoms with van der Waals surface area (Å²) in [5.41, 5.74) is -0.470. The minimum absolute atomic E-state index is 0.177. The van der Waals surface area contributed by atoms with Gasteiger partial charge in [-0.15, -0.1) is 0 Å². The number of piperidine rings is 1. The molecule has 26 heavy (non-hydrogen) atoms. The monoisotopic (exact) mass is 385 g/mol. The number of carbonyl (C=O) groups excluding carboxylic acids is 1. The number of hydrogen-bond acceptors (Lipinski definition) is 4. The van der Waals surface area contributed by atoms with E-state index in [1.54, 1.807) is 0 Å². The Labute approximate surface area is 160 Å². The zero-order valence-corrected chi connectivity index (χ0v) is 19.0. The molecule has 0 bridgehead atoms. The predicted octanol–water partition coefficient (Wildman–Crippen LogP) is 4.26. The Morgan fingerprint density at radius 2 is 1.81 bits per heavy atom. The maximum Gasteiger partial charge on any atom is 0.410 e. The molecule has 152 valence electrons. The van der Waals surface area contributed by atoms with Crippen LogP contribution in [-0.2, 0) is 9.16 Å². The molecule has 1 saturated carbocycles. The quantitative estimate of drug-likeness (QED) is 0.737. The molecule has 2 aliphatic rings. The van der Waals surface area contributed by atoms with E-state index in [0.717, 1.165) is 12.8 Å². The van der Waals surface area contributed by atoms with Crippen molar-refractivity contribution in [2.24, 2.45) is 17.8 Å². The summed E-state index contributed by atoms with van der Waals surface area (Å²) in [5, 5.41) is 10.8. The molecular formula is C20H39NO4Si. The first-order chi connectivity index (χ1) is 11.7. The lowest BCUT2D eigenvalue weighted by atomic mass is 9.83. The van der Waals surface area contributed by atoms with Crippen molar-refractivity contribution < 1.29 is 19.1 Å². The van der Waals surface area contributed by atoms with Gasteiger partial charge in [0.05, 0.1) is 6.10 Å². The van der Waals surface area contributed by atoms with Crippen LogP contribution in [0.25, 0.3) is 0 Å². The maximum absolute atomic E-state index is 12.4. The molecule has 0 aromatic rings. The highest BCUT2D eigenvalue weighted by atomic mass is 28.4. The van der Waals surface area contributed by atoms with E-state index in [0.29, 0.717) is 31.5 Å². The van der Waals surface area contributed by atoms with Crippen molar-refractivity contribution in [1.29, 1.82) is 0 Å². The Hall–Kier alpha value is -0.593. The normalized spacial score (nSPS) is 30.3. The van der Waals surface area contributed by atoms with Gasteiger partial charge in [0.1, 0.15) is 5.60 Å². The predicted molar refractivity (Wildman–Crippen MR) is 107 cm³/mol. The Kier molecular flexibility index (Phi) is 6.21. The molecule has 2 fully saturated rings. The zero-order chi connectivity index (χ0) is 19.9. The van der Waals surface area contributed by atoms with Crippen LogP contribution >= 0.6 is 0 Å². The summed E-state index contributed by atoms with van der Waals surface area (Å²) in [6.45, 7) is 19.0. The van der Waals surface area contributed by atoms with Gasteiger partial charge in [-0.05, 0) is 63.6 Å². The SMILES string of the molecule is CC(C)(C)OC(=O)N1CCC2C(CC(O)C2CO[Si](C)(C)C(C)(C)C)C1. The molecule has 0 spiro atoms. The minimum atomic E-state index is -1.81. The molecule has 1 aliphatic heterocycles. The highest BCUT2D eigenvalue weighted by molar-refractivity contribution is 6.74. The highest BCUT2D eigenvalue weighted by Crippen LogP contribution is 2.44. The number of carbonyl (C=O) groups is 1. The smallest absolute Gasteiger partial charge is 0.410 e. The molecular weight excluding hydrogens is 346 g/mol. The summed E-state index contributed by atoms with van der Waals surface area (Å²) >= 11 is 0. The van der Waals surface area contributed by atoms with Gasteiger partial charge in [0.25, 0.3) is 0 Å². The lowest BCUT2D eigenvalue weighted by Gasteiger charge is -2.40. The number of amides is 1. The first-order valence-corrected chi connectivity index (χ1v) is 12.9. The number of ether oxygens (including phenoxy) is 1. The van der Waals surface area contributed by atoms with Crippen LogP contribution in [0.15, 0.2) is 0 Å². The minimum Gasteiger partial charge on any atom is -0.444 e. The molecule has 0 radical (unpaired) electrons. The second-order valence-electron chi connectivity index (χ2n) is 10.7. The fraction of sp³-hybridized carbons (Fsp3) is 0.950. The van der Waals surface area contributed by atoms with Crippen LogP contribution in [0.4, 0.5) is 4.79 Å². The first-order valence-electron chi connectivity index (χ1n) is 10.0. The van der Waals surface area contributed by atoms with Gasteiger partial charge in [-0.1, -0.05) is 20.8 Å². The molecule has 1 N–H and O–H groups in total. The van der Waals surface area contributed by atoms with Crippen molar-refractivity contribution in [2.75, 3.05) is 19.7 Å². The summed E-state index contributed by atoms with van der Waals surface area (Å²) in [4.78, 5) is 14.2. The van der Waals surface area contributed by atoms with Crippen LogP contribution in [0.5, 0.6) is 0 Å². The molecule has 1 amide bonds. The number of hydrogen-bond donors (Lipinski definition) is 1. The molecule has 1 heterocycles. The number of aliphatic hydroxyl groups excluding tert-OH is 1. The van der Waals surface area contributed by atoms with Gasteiger partial charge in [-0.2, -0.15) is 0 Å². The van der Waals surface area contributed by atoms with E-state index in [4.69, 9.17) is 9.16 Å². The van der Waals surface area contributed by atoms with Gasteiger partial charge in [-0.25, -0.2) is 4.79 Å². The fourth-order valence-corrected chi connectivity index (χ4v) is 4.92. The van der Waals surface area contributed by atoms with Gasteiger partial charge in [-0.3, -0.25) is 0 Å². The van der Waals surface area contributed by atoms with Crippen LogP contribution < -0.4 is 0 Å². The molecule has 0 aromatic heterocycles. The van der Waals surface area contributed by atoms with Crippen LogP contribution in [0.2, 0.25) is 18.1 Å². The van der Waals surface area contributed by atoms with Gasteiger partial charge >= 0.3 is 6.09 Å². The van der Waals surface area contributed by atoms with E-state index in [2.05, 4.69) is 33.9 Å². The summed E-state index contributed by atoms with van der Waals surface area (Å²) in [5.74, 6) is 0.975. The summed E-state index contributed by atoms with van der Waals surface area (Å²) < 4.78 is 11.9. The second-order valence-corrected chi connectivity index (χ2v) is 15.5. The Morgan fingerprint density at radius 3 is 2.35 bits per heavy atom. The third-order valence-corrected chi connectivity index (χ3v) is 11.0. The average molecular weight is 386 g/mol. The molecule has 0 aromatic carbocycles. The third kappa shape index (κ3) is 5.02. The number of likely N-dealkylation sites (tertiary alicyclic amines) is 1. The molecule has 4 atom stereocenters. The van der Waals surface area contributed by atoms with Crippen molar-refractivity contribution in [2.45, 2.75) is 84.2 Å². The topological polar surface area (TPSA) is 59.0 Å². The molecule has 2 rings (SSSR count). The van der Waals surface area contributed by atoms with Crippen molar-refractivity contribution in [3.8, 4) is 0 Å². The van der Waals surface area contributed by atoms with Gasteiger partial charge in [0.2, 0.25) is 0 Å². The van der Waals surface area contributed by atoms with E-state index in [9.17, 15) is 9.90 Å². The van der Waals surface area contributed by atoms with Gasteiger partial charge in [0, 0.05) is 25.6 Å². The molecule has 4 unspecified atom stereocenters. The number of aliphatic hydroxyl groups is 1. The summed E-state index contributed by atoms with van der Waals surface area (Å²) in [6.07, 6.45) is 1.13. The van der Waals surface area contributed by atoms with Crippen molar-refractivity contribution in [1.82, 2.24) is 4.90 Å². The van der Waals surface area contributed by atoms with Crippen LogP contribution in [0.1, 0.15) is 54.4 Å². The zero-order valence-electron chi connectivity index (χ0n) is 18.0. The lowest BCUT2D eigenvalue weighted by molar-refractivity contribution is 0.00847. The van der Waals surface area contributed by atoms with Gasteiger partial charge < -0.3 is 19.2 Å². The average Bonchev–Trinajstić information content (AvgIpc) is 2.76. The highest BCUT2D eigenvalue weighted by Gasteiger charge is 2.47. The summed E-state index contributed by atoms with van der Waals surface area (Å²) in [7, 11) is -1.81. The van der Waals surface area contributed by atoms with E-state index in [1.807, 2.05) is 25.7 Å². The number of nitrogens with zero attached hydrogens (tertiary/aromatic N) is 1. The Balaban J connectivity index is 1.95.